The molecule has 68 valence electrons. The van der Waals surface area contributed by atoms with Gasteiger partial charge in [0.2, 0.25) is 0 Å². The Morgan fingerprint density at radius 2 is 2.23 bits per heavy atom. The zero-order chi connectivity index (χ0) is 9.26. The van der Waals surface area contributed by atoms with E-state index in [1.165, 1.54) is 0 Å². The van der Waals surface area contributed by atoms with Crippen LogP contribution in [0, 0.1) is 0 Å². The summed E-state index contributed by atoms with van der Waals surface area (Å²) in [6.45, 7) is 0.239. The second-order valence-corrected chi connectivity index (χ2v) is 2.97. The highest BCUT2D eigenvalue weighted by Gasteiger charge is 2.06. The second kappa shape index (κ2) is 3.20. The Morgan fingerprint density at radius 3 is 3.00 bits per heavy atom. The van der Waals surface area contributed by atoms with Crippen LogP contribution in [0.15, 0.2) is 34.9 Å². The third-order valence-corrected chi connectivity index (χ3v) is 2.08. The van der Waals surface area contributed by atoms with Gasteiger partial charge in [-0.05, 0) is 23.8 Å². The lowest BCUT2D eigenvalue weighted by molar-refractivity contribution is 0.187. The summed E-state index contributed by atoms with van der Waals surface area (Å²) in [5.74, 6) is 0. The third kappa shape index (κ3) is 1.43. The van der Waals surface area contributed by atoms with Crippen molar-refractivity contribution in [2.24, 2.45) is 5.73 Å². The van der Waals surface area contributed by atoms with Crippen LogP contribution in [0.5, 0.6) is 0 Å². The van der Waals surface area contributed by atoms with E-state index in [0.717, 1.165) is 16.5 Å². The topological polar surface area (TPSA) is 59.4 Å². The fraction of sp³-hybridized carbons (Fsp3) is 0.200. The van der Waals surface area contributed by atoms with E-state index < -0.39 is 6.10 Å². The lowest BCUT2D eigenvalue weighted by Gasteiger charge is -2.06. The molecule has 2 aromatic rings. The standard InChI is InChI=1S/C10H11NO2/c11-6-9(12)7-1-2-10-8(5-7)3-4-13-10/h1-5,9,12H,6,11H2/t9-/m0/s1. The molecule has 0 aliphatic rings. The number of aliphatic hydroxyl groups excluding tert-OH is 1. The van der Waals surface area contributed by atoms with Gasteiger partial charge in [-0.3, -0.25) is 0 Å². The molecule has 0 spiro atoms. The molecule has 0 amide bonds. The molecule has 0 saturated carbocycles. The quantitative estimate of drug-likeness (QED) is 0.729. The van der Waals surface area contributed by atoms with Crippen LogP contribution in [0.25, 0.3) is 11.0 Å². The Hall–Kier alpha value is -1.32. The summed E-state index contributed by atoms with van der Waals surface area (Å²) in [5, 5.41) is 10.5. The van der Waals surface area contributed by atoms with Crippen LogP contribution in [-0.2, 0) is 0 Å². The summed E-state index contributed by atoms with van der Waals surface area (Å²) in [6.07, 6.45) is 1.04. The van der Waals surface area contributed by atoms with Gasteiger partial charge in [0.05, 0.1) is 12.4 Å². The first-order chi connectivity index (χ1) is 6.31. The number of fused-ring (bicyclic) bond motifs is 1. The van der Waals surface area contributed by atoms with E-state index in [1.807, 2.05) is 24.3 Å². The van der Waals surface area contributed by atoms with Crippen molar-refractivity contribution in [3.05, 3.63) is 36.1 Å². The molecule has 13 heavy (non-hydrogen) atoms. The van der Waals surface area contributed by atoms with E-state index in [9.17, 15) is 5.11 Å². The van der Waals surface area contributed by atoms with Crippen molar-refractivity contribution in [2.45, 2.75) is 6.10 Å². The first kappa shape index (κ1) is 8.29. The van der Waals surface area contributed by atoms with Gasteiger partial charge >= 0.3 is 0 Å². The summed E-state index contributed by atoms with van der Waals surface area (Å²) in [5.41, 5.74) is 7.01. The minimum Gasteiger partial charge on any atom is -0.464 e. The first-order valence-corrected chi connectivity index (χ1v) is 4.16. The van der Waals surface area contributed by atoms with Crippen molar-refractivity contribution >= 4 is 11.0 Å². The second-order valence-electron chi connectivity index (χ2n) is 2.97. The van der Waals surface area contributed by atoms with Crippen molar-refractivity contribution in [2.75, 3.05) is 6.54 Å². The molecule has 1 heterocycles. The molecule has 1 aromatic carbocycles. The molecule has 3 heteroatoms. The van der Waals surface area contributed by atoms with Crippen LogP contribution >= 0.6 is 0 Å². The van der Waals surface area contributed by atoms with Crippen molar-refractivity contribution in [3.63, 3.8) is 0 Å². The lowest BCUT2D eigenvalue weighted by atomic mass is 10.1. The largest absolute Gasteiger partial charge is 0.464 e. The number of benzene rings is 1. The lowest BCUT2D eigenvalue weighted by Crippen LogP contribution is -2.11. The molecule has 0 aliphatic heterocycles. The zero-order valence-electron chi connectivity index (χ0n) is 7.10. The number of hydrogen-bond acceptors (Lipinski definition) is 3. The summed E-state index contributed by atoms with van der Waals surface area (Å²) in [6, 6.07) is 7.41. The van der Waals surface area contributed by atoms with Crippen LogP contribution in [0.3, 0.4) is 0 Å². The summed E-state index contributed by atoms with van der Waals surface area (Å²) >= 11 is 0. The molecule has 3 nitrogen and oxygen atoms in total. The fourth-order valence-corrected chi connectivity index (χ4v) is 1.33. The van der Waals surface area contributed by atoms with Gasteiger partial charge in [-0.1, -0.05) is 6.07 Å². The van der Waals surface area contributed by atoms with Crippen LogP contribution in [0.1, 0.15) is 11.7 Å². The number of hydrogen-bond donors (Lipinski definition) is 2. The molecule has 0 radical (unpaired) electrons. The van der Waals surface area contributed by atoms with Crippen LogP contribution in [-0.4, -0.2) is 11.7 Å². The number of furan rings is 1. The molecule has 0 fully saturated rings. The van der Waals surface area contributed by atoms with Gasteiger partial charge in [0.25, 0.3) is 0 Å². The number of nitrogens with two attached hydrogens (primary N) is 1. The van der Waals surface area contributed by atoms with Crippen molar-refractivity contribution in [1.82, 2.24) is 0 Å². The van der Waals surface area contributed by atoms with Gasteiger partial charge in [0.1, 0.15) is 5.58 Å². The Balaban J connectivity index is 2.48. The van der Waals surface area contributed by atoms with E-state index in [1.54, 1.807) is 6.26 Å². The van der Waals surface area contributed by atoms with Crippen LogP contribution in [0.2, 0.25) is 0 Å². The third-order valence-electron chi connectivity index (χ3n) is 2.08. The number of aliphatic hydroxyl groups is 1. The average molecular weight is 177 g/mol. The van der Waals surface area contributed by atoms with Gasteiger partial charge in [-0.25, -0.2) is 0 Å². The van der Waals surface area contributed by atoms with E-state index >= 15 is 0 Å². The zero-order valence-corrected chi connectivity index (χ0v) is 7.10. The van der Waals surface area contributed by atoms with E-state index in [0.29, 0.717) is 0 Å². The minimum absolute atomic E-state index is 0.239. The Kier molecular flexibility index (Phi) is 2.04. The highest BCUT2D eigenvalue weighted by molar-refractivity contribution is 5.77. The maximum Gasteiger partial charge on any atom is 0.133 e. The molecule has 0 unspecified atom stereocenters. The van der Waals surface area contributed by atoms with Crippen LogP contribution < -0.4 is 5.73 Å². The monoisotopic (exact) mass is 177 g/mol. The van der Waals surface area contributed by atoms with Crippen molar-refractivity contribution in [3.8, 4) is 0 Å². The molecule has 0 aliphatic carbocycles. The molecule has 1 aromatic heterocycles. The summed E-state index contributed by atoms with van der Waals surface area (Å²) in [4.78, 5) is 0. The van der Waals surface area contributed by atoms with E-state index in [-0.39, 0.29) is 6.54 Å². The first-order valence-electron chi connectivity index (χ1n) is 4.16. The highest BCUT2D eigenvalue weighted by Crippen LogP contribution is 2.20. The number of rotatable bonds is 2. The highest BCUT2D eigenvalue weighted by atomic mass is 16.3. The van der Waals surface area contributed by atoms with Gasteiger partial charge in [-0.2, -0.15) is 0 Å². The predicted molar refractivity (Wildman–Crippen MR) is 50.2 cm³/mol. The molecule has 1 atom stereocenters. The van der Waals surface area contributed by atoms with E-state index in [2.05, 4.69) is 0 Å². The van der Waals surface area contributed by atoms with Gasteiger partial charge in [0.15, 0.2) is 0 Å². The molecule has 3 N–H and O–H groups in total. The maximum atomic E-state index is 9.47. The molecular formula is C10H11NO2. The molecule has 0 saturated heterocycles. The predicted octanol–water partition coefficient (Wildman–Crippen LogP) is 1.42. The fourth-order valence-electron chi connectivity index (χ4n) is 1.33. The summed E-state index contributed by atoms with van der Waals surface area (Å²) in [7, 11) is 0. The Bertz CT molecular complexity index is 408. The minimum atomic E-state index is -0.584. The normalized spacial score (nSPS) is 13.4. The van der Waals surface area contributed by atoms with Gasteiger partial charge in [-0.15, -0.1) is 0 Å². The SMILES string of the molecule is NC[C@H](O)c1ccc2occc2c1. The summed E-state index contributed by atoms with van der Waals surface area (Å²) < 4.78 is 5.17. The Labute approximate surface area is 75.8 Å². The van der Waals surface area contributed by atoms with E-state index in [4.69, 9.17) is 10.2 Å². The van der Waals surface area contributed by atoms with Gasteiger partial charge < -0.3 is 15.3 Å². The van der Waals surface area contributed by atoms with Gasteiger partial charge in [0, 0.05) is 11.9 Å². The molecular weight excluding hydrogens is 166 g/mol. The maximum absolute atomic E-state index is 9.47. The average Bonchev–Trinajstić information content (AvgIpc) is 2.63. The molecule has 2 rings (SSSR count). The smallest absolute Gasteiger partial charge is 0.133 e. The van der Waals surface area contributed by atoms with Crippen molar-refractivity contribution in [1.29, 1.82) is 0 Å². The Morgan fingerprint density at radius 1 is 1.38 bits per heavy atom. The van der Waals surface area contributed by atoms with Crippen molar-refractivity contribution < 1.29 is 9.52 Å². The van der Waals surface area contributed by atoms with Crippen LogP contribution in [0.4, 0.5) is 0 Å². The molecule has 0 bridgehead atoms.